The number of piperidine rings is 1. The van der Waals surface area contributed by atoms with Gasteiger partial charge in [0.2, 0.25) is 0 Å². The number of carbonyl (C=O) groups is 1. The van der Waals surface area contributed by atoms with Crippen LogP contribution in [0, 0.1) is 23.2 Å². The quantitative estimate of drug-likeness (QED) is 0.815. The second-order valence-corrected chi connectivity index (χ2v) is 8.80. The van der Waals surface area contributed by atoms with Gasteiger partial charge in [-0.3, -0.25) is 0 Å². The van der Waals surface area contributed by atoms with Crippen LogP contribution in [-0.2, 0) is 0 Å². The van der Waals surface area contributed by atoms with E-state index in [2.05, 4.69) is 33.8 Å². The molecule has 2 aliphatic carbocycles. The van der Waals surface area contributed by atoms with Gasteiger partial charge in [0.15, 0.2) is 0 Å². The molecular formula is C21H23N3O3. The Hall–Kier alpha value is -2.34. The molecule has 6 heteroatoms. The lowest BCUT2D eigenvalue weighted by Crippen LogP contribution is -2.65. The molecule has 27 heavy (non-hydrogen) atoms. The number of aliphatic hydroxyl groups is 1. The fourth-order valence-electron chi connectivity index (χ4n) is 6.85. The van der Waals surface area contributed by atoms with E-state index in [1.807, 2.05) is 12.5 Å². The van der Waals surface area contributed by atoms with Crippen molar-refractivity contribution in [3.05, 3.63) is 42.4 Å². The Kier molecular flexibility index (Phi) is 2.98. The Morgan fingerprint density at radius 1 is 1.19 bits per heavy atom. The largest absolute Gasteiger partial charge is 0.465 e. The van der Waals surface area contributed by atoms with E-state index in [1.165, 1.54) is 11.1 Å². The maximum atomic E-state index is 11.4. The molecule has 1 aromatic heterocycles. The molecule has 2 aromatic rings. The summed E-state index contributed by atoms with van der Waals surface area (Å²) in [6, 6.07) is 8.57. The second-order valence-electron chi connectivity index (χ2n) is 8.80. The Morgan fingerprint density at radius 2 is 1.93 bits per heavy atom. The number of imidazole rings is 1. The van der Waals surface area contributed by atoms with E-state index >= 15 is 0 Å². The summed E-state index contributed by atoms with van der Waals surface area (Å²) in [6.07, 6.45) is 5.66. The van der Waals surface area contributed by atoms with Gasteiger partial charge in [-0.15, -0.1) is 0 Å². The summed E-state index contributed by atoms with van der Waals surface area (Å²) >= 11 is 0. The summed E-state index contributed by atoms with van der Waals surface area (Å²) in [5, 5.41) is 20.8. The zero-order chi connectivity index (χ0) is 18.3. The third-order valence-electron chi connectivity index (χ3n) is 8.01. The standard InChI is InChI=1S/C21H23N3O3/c25-19-16(7-21(19)12-5-6-13(21)10-23(9-12)20(26)27)18-15-4-2-1-3-14(15)17-8-22-11-24(17)18/h1-4,8,11-13,16,18-19,25H,5-7,9-10H2,(H,26,27)/t12?,13?,16-,18+,19-,21?/m1/s1. The van der Waals surface area contributed by atoms with Gasteiger partial charge in [-0.05, 0) is 36.7 Å². The number of aromatic nitrogens is 2. The maximum Gasteiger partial charge on any atom is 0.407 e. The summed E-state index contributed by atoms with van der Waals surface area (Å²) < 4.78 is 2.22. The average molecular weight is 365 g/mol. The Morgan fingerprint density at radius 3 is 2.63 bits per heavy atom. The first-order valence-electron chi connectivity index (χ1n) is 9.88. The van der Waals surface area contributed by atoms with Crippen molar-refractivity contribution in [1.82, 2.24) is 14.5 Å². The van der Waals surface area contributed by atoms with Crippen LogP contribution in [0.5, 0.6) is 0 Å². The highest BCUT2D eigenvalue weighted by atomic mass is 16.4. The van der Waals surface area contributed by atoms with E-state index < -0.39 is 6.09 Å². The predicted molar refractivity (Wildman–Crippen MR) is 98.2 cm³/mol. The number of carboxylic acid groups (broad SMARTS) is 1. The molecule has 140 valence electrons. The zero-order valence-corrected chi connectivity index (χ0v) is 15.0. The molecule has 3 fully saturated rings. The molecule has 2 bridgehead atoms. The van der Waals surface area contributed by atoms with Crippen molar-refractivity contribution in [2.45, 2.75) is 31.4 Å². The van der Waals surface area contributed by atoms with E-state index in [9.17, 15) is 15.0 Å². The molecular weight excluding hydrogens is 342 g/mol. The maximum absolute atomic E-state index is 11.4. The van der Waals surface area contributed by atoms with Crippen LogP contribution >= 0.6 is 0 Å². The van der Waals surface area contributed by atoms with Crippen LogP contribution in [0.4, 0.5) is 4.79 Å². The molecule has 3 heterocycles. The minimum atomic E-state index is -0.820. The van der Waals surface area contributed by atoms with Crippen molar-refractivity contribution < 1.29 is 15.0 Å². The van der Waals surface area contributed by atoms with Crippen molar-refractivity contribution in [2.24, 2.45) is 23.2 Å². The van der Waals surface area contributed by atoms with Crippen LogP contribution in [0.15, 0.2) is 36.8 Å². The van der Waals surface area contributed by atoms with Crippen LogP contribution in [0.1, 0.15) is 30.9 Å². The summed E-state index contributed by atoms with van der Waals surface area (Å²) in [6.45, 7) is 1.15. The van der Waals surface area contributed by atoms with Crippen molar-refractivity contribution in [3.63, 3.8) is 0 Å². The molecule has 4 aliphatic rings. The minimum absolute atomic E-state index is 0.0884. The van der Waals surface area contributed by atoms with Crippen molar-refractivity contribution in [3.8, 4) is 11.3 Å². The van der Waals surface area contributed by atoms with Crippen LogP contribution < -0.4 is 0 Å². The molecule has 1 spiro atoms. The van der Waals surface area contributed by atoms with Crippen LogP contribution in [0.25, 0.3) is 11.3 Å². The molecule has 6 rings (SSSR count). The summed E-state index contributed by atoms with van der Waals surface area (Å²) in [5.41, 5.74) is 3.54. The van der Waals surface area contributed by atoms with E-state index in [1.54, 1.807) is 4.90 Å². The molecule has 2 saturated carbocycles. The highest BCUT2D eigenvalue weighted by Gasteiger charge is 2.67. The first-order chi connectivity index (χ1) is 13.1. The molecule has 1 aromatic carbocycles. The van der Waals surface area contributed by atoms with Crippen LogP contribution in [-0.4, -0.2) is 50.0 Å². The van der Waals surface area contributed by atoms with Gasteiger partial charge in [0.05, 0.1) is 30.4 Å². The number of amides is 1. The number of benzene rings is 1. The number of aliphatic hydroxyl groups excluding tert-OH is 1. The number of fused-ring (bicyclic) bond motifs is 3. The van der Waals surface area contributed by atoms with Gasteiger partial charge in [0, 0.05) is 30.0 Å². The van der Waals surface area contributed by atoms with Gasteiger partial charge in [0.25, 0.3) is 0 Å². The summed E-state index contributed by atoms with van der Waals surface area (Å²) in [5.74, 6) is 0.746. The Labute approximate surface area is 157 Å². The molecule has 5 atom stereocenters. The SMILES string of the molecule is O=C(O)N1CC2CCC(C1)C21C[C@H]([C@@H]2c3ccccc3-c3cncn32)[C@H]1O. The molecule has 2 unspecified atom stereocenters. The number of hydrogen-bond donors (Lipinski definition) is 2. The van der Waals surface area contributed by atoms with Crippen molar-refractivity contribution in [2.75, 3.05) is 13.1 Å². The predicted octanol–water partition coefficient (Wildman–Crippen LogP) is 2.84. The molecule has 1 amide bonds. The third kappa shape index (κ3) is 1.79. The highest BCUT2D eigenvalue weighted by Crippen LogP contribution is 2.67. The Bertz CT molecular complexity index is 924. The lowest BCUT2D eigenvalue weighted by atomic mass is 9.48. The normalized spacial score (nSPS) is 38.6. The molecule has 2 N–H and O–H groups in total. The number of likely N-dealkylation sites (tertiary alicyclic amines) is 1. The van der Waals surface area contributed by atoms with Gasteiger partial charge in [-0.2, -0.15) is 0 Å². The highest BCUT2D eigenvalue weighted by molar-refractivity contribution is 5.69. The smallest absolute Gasteiger partial charge is 0.407 e. The number of rotatable bonds is 1. The average Bonchev–Trinajstić information content (AvgIpc) is 3.30. The van der Waals surface area contributed by atoms with Crippen molar-refractivity contribution >= 4 is 6.09 Å². The van der Waals surface area contributed by atoms with Crippen LogP contribution in [0.3, 0.4) is 0 Å². The topological polar surface area (TPSA) is 78.6 Å². The summed E-state index contributed by atoms with van der Waals surface area (Å²) in [7, 11) is 0. The van der Waals surface area contributed by atoms with Gasteiger partial charge < -0.3 is 19.7 Å². The first-order valence-corrected chi connectivity index (χ1v) is 9.88. The molecule has 1 saturated heterocycles. The van der Waals surface area contributed by atoms with Gasteiger partial charge >= 0.3 is 6.09 Å². The molecule has 2 aliphatic heterocycles. The molecule has 0 radical (unpaired) electrons. The van der Waals surface area contributed by atoms with Gasteiger partial charge in [-0.25, -0.2) is 9.78 Å². The van der Waals surface area contributed by atoms with Gasteiger partial charge in [0.1, 0.15) is 0 Å². The van der Waals surface area contributed by atoms with E-state index in [4.69, 9.17) is 0 Å². The van der Waals surface area contributed by atoms with Gasteiger partial charge in [-0.1, -0.05) is 24.3 Å². The first kappa shape index (κ1) is 15.7. The fourth-order valence-corrected chi connectivity index (χ4v) is 6.85. The fraction of sp³-hybridized carbons (Fsp3) is 0.524. The Balaban J connectivity index is 1.34. The number of nitrogens with zero attached hydrogens (tertiary/aromatic N) is 3. The third-order valence-corrected chi connectivity index (χ3v) is 8.01. The lowest BCUT2D eigenvalue weighted by Gasteiger charge is -2.61. The van der Waals surface area contributed by atoms with Crippen LogP contribution in [0.2, 0.25) is 0 Å². The number of hydrogen-bond acceptors (Lipinski definition) is 3. The zero-order valence-electron chi connectivity index (χ0n) is 15.0. The van der Waals surface area contributed by atoms with E-state index in [0.717, 1.165) is 25.0 Å². The summed E-state index contributed by atoms with van der Waals surface area (Å²) in [4.78, 5) is 17.3. The van der Waals surface area contributed by atoms with Crippen molar-refractivity contribution in [1.29, 1.82) is 0 Å². The monoisotopic (exact) mass is 365 g/mol. The lowest BCUT2D eigenvalue weighted by molar-refractivity contribution is -0.193. The van der Waals surface area contributed by atoms with E-state index in [0.29, 0.717) is 13.1 Å². The molecule has 6 nitrogen and oxygen atoms in total. The van der Waals surface area contributed by atoms with E-state index in [-0.39, 0.29) is 35.3 Å². The minimum Gasteiger partial charge on any atom is -0.465 e. The second kappa shape index (κ2) is 5.13.